The Labute approximate surface area is 274 Å². The van der Waals surface area contributed by atoms with Gasteiger partial charge in [0.1, 0.15) is 47.4 Å². The fourth-order valence-electron chi connectivity index (χ4n) is 6.75. The molecular formula is C32H37F2N7O7. The number of carbonyl (C=O) groups is 1. The van der Waals surface area contributed by atoms with Crippen LogP contribution in [0.4, 0.5) is 8.78 Å². The minimum absolute atomic E-state index is 0.153. The van der Waals surface area contributed by atoms with Crippen molar-refractivity contribution in [2.75, 3.05) is 26.9 Å². The van der Waals surface area contributed by atoms with Gasteiger partial charge >= 0.3 is 0 Å². The summed E-state index contributed by atoms with van der Waals surface area (Å²) in [5.41, 5.74) is 1.68. The fraction of sp³-hybridized carbons (Fsp3) is 0.469. The molecule has 1 saturated carbocycles. The van der Waals surface area contributed by atoms with E-state index >= 15 is 0 Å². The molecule has 0 spiro atoms. The number of ether oxygens (including phenoxy) is 2. The second-order valence-corrected chi connectivity index (χ2v) is 12.0. The van der Waals surface area contributed by atoms with E-state index in [4.69, 9.17) is 9.47 Å². The van der Waals surface area contributed by atoms with E-state index in [2.05, 4.69) is 20.6 Å². The highest BCUT2D eigenvalue weighted by molar-refractivity contribution is 5.82. The summed E-state index contributed by atoms with van der Waals surface area (Å²) in [7, 11) is 1.33. The number of aliphatic hydroxyl groups excluding tert-OH is 4. The van der Waals surface area contributed by atoms with E-state index in [0.29, 0.717) is 41.8 Å². The molecule has 0 bridgehead atoms. The summed E-state index contributed by atoms with van der Waals surface area (Å²) in [6.07, 6.45) is -1.70. The van der Waals surface area contributed by atoms with Gasteiger partial charge in [-0.25, -0.2) is 18.1 Å². The first-order valence-corrected chi connectivity index (χ1v) is 15.7. The van der Waals surface area contributed by atoms with Gasteiger partial charge in [0.2, 0.25) is 0 Å². The molecule has 2 fully saturated rings. The van der Waals surface area contributed by atoms with Crippen molar-refractivity contribution in [3.8, 4) is 22.5 Å². The Hall–Kier alpha value is -4.19. The third-order valence-electron chi connectivity index (χ3n) is 9.10. The van der Waals surface area contributed by atoms with E-state index in [1.54, 1.807) is 24.4 Å². The SMILES string of the molecule is CO[C@@H]1[C@@H](n2cc(-c3cccc(F)c3)nn2)[C@@H](O)[C@@H](CO)O[C@H]1C(=O)N(CCO)[C@@H]1CCC[C@H](n2cc(-c3cccc(F)c3)nn2)[C@H]1O. The summed E-state index contributed by atoms with van der Waals surface area (Å²) in [6.45, 7) is -1.22. The van der Waals surface area contributed by atoms with E-state index < -0.39 is 79.4 Å². The number of hydrogen-bond acceptors (Lipinski definition) is 11. The number of halogens is 2. The van der Waals surface area contributed by atoms with Crippen molar-refractivity contribution in [2.45, 2.75) is 67.9 Å². The number of amides is 1. The predicted octanol–water partition coefficient (Wildman–Crippen LogP) is 1.13. The molecule has 1 aliphatic carbocycles. The van der Waals surface area contributed by atoms with Crippen LogP contribution in [0.25, 0.3) is 22.5 Å². The van der Waals surface area contributed by atoms with Gasteiger partial charge in [-0.1, -0.05) is 34.7 Å². The van der Waals surface area contributed by atoms with Crippen LogP contribution >= 0.6 is 0 Å². The molecular weight excluding hydrogens is 632 g/mol. The van der Waals surface area contributed by atoms with Gasteiger partial charge in [-0.2, -0.15) is 0 Å². The van der Waals surface area contributed by atoms with E-state index in [-0.39, 0.29) is 6.54 Å². The maximum Gasteiger partial charge on any atom is 0.254 e. The Morgan fingerprint density at radius 2 is 1.58 bits per heavy atom. The molecule has 8 atom stereocenters. The molecule has 3 heterocycles. The van der Waals surface area contributed by atoms with Crippen LogP contribution in [0.5, 0.6) is 0 Å². The third-order valence-corrected chi connectivity index (χ3v) is 9.10. The Bertz CT molecular complexity index is 1710. The van der Waals surface area contributed by atoms with Crippen molar-refractivity contribution in [3.05, 3.63) is 72.6 Å². The molecule has 6 rings (SSSR count). The number of nitrogens with zero attached hydrogens (tertiary/aromatic N) is 7. The van der Waals surface area contributed by atoms with Crippen LogP contribution in [0.2, 0.25) is 0 Å². The lowest BCUT2D eigenvalue weighted by Gasteiger charge is -2.46. The van der Waals surface area contributed by atoms with Gasteiger partial charge in [-0.15, -0.1) is 10.2 Å². The fourth-order valence-corrected chi connectivity index (χ4v) is 6.75. The maximum atomic E-state index is 14.4. The van der Waals surface area contributed by atoms with Crippen molar-refractivity contribution < 1.29 is 43.5 Å². The molecule has 1 saturated heterocycles. The number of benzene rings is 2. The first-order chi connectivity index (χ1) is 23.2. The lowest BCUT2D eigenvalue weighted by molar-refractivity contribution is -0.219. The minimum atomic E-state index is -1.40. The number of aliphatic hydroxyl groups is 4. The molecule has 256 valence electrons. The number of methoxy groups -OCH3 is 1. The molecule has 4 N–H and O–H groups in total. The second-order valence-electron chi connectivity index (χ2n) is 12.0. The van der Waals surface area contributed by atoms with Crippen molar-refractivity contribution in [2.24, 2.45) is 0 Å². The molecule has 4 aromatic rings. The zero-order chi connectivity index (χ0) is 33.9. The zero-order valence-corrected chi connectivity index (χ0v) is 26.0. The van der Waals surface area contributed by atoms with E-state index in [9.17, 15) is 34.0 Å². The van der Waals surface area contributed by atoms with Crippen molar-refractivity contribution in [1.29, 1.82) is 0 Å². The molecule has 48 heavy (non-hydrogen) atoms. The summed E-state index contributed by atoms with van der Waals surface area (Å²) in [5.74, 6) is -1.53. The zero-order valence-electron chi connectivity index (χ0n) is 26.0. The lowest BCUT2D eigenvalue weighted by Crippen LogP contribution is -2.63. The van der Waals surface area contributed by atoms with Crippen molar-refractivity contribution in [3.63, 3.8) is 0 Å². The first kappa shape index (κ1) is 33.7. The number of aromatic nitrogens is 6. The monoisotopic (exact) mass is 669 g/mol. The Morgan fingerprint density at radius 1 is 0.958 bits per heavy atom. The Kier molecular flexibility index (Phi) is 10.2. The maximum absolute atomic E-state index is 14.4. The van der Waals surface area contributed by atoms with E-state index in [0.717, 1.165) is 0 Å². The van der Waals surface area contributed by atoms with Crippen LogP contribution in [0.15, 0.2) is 60.9 Å². The van der Waals surface area contributed by atoms with E-state index in [1.807, 2.05) is 0 Å². The quantitative estimate of drug-likeness (QED) is 0.190. The average Bonchev–Trinajstić information content (AvgIpc) is 3.78. The molecule has 1 amide bonds. The second kappa shape index (κ2) is 14.5. The molecule has 2 aromatic carbocycles. The smallest absolute Gasteiger partial charge is 0.254 e. The van der Waals surface area contributed by atoms with Gasteiger partial charge in [-0.05, 0) is 43.5 Å². The van der Waals surface area contributed by atoms with Crippen LogP contribution in [0, 0.1) is 11.6 Å². The molecule has 14 nitrogen and oxygen atoms in total. The lowest BCUT2D eigenvalue weighted by atomic mass is 9.86. The van der Waals surface area contributed by atoms with E-state index in [1.165, 1.54) is 57.9 Å². The number of rotatable bonds is 10. The Morgan fingerprint density at radius 3 is 2.17 bits per heavy atom. The molecule has 0 unspecified atom stereocenters. The van der Waals surface area contributed by atoms with Gasteiger partial charge < -0.3 is 34.8 Å². The van der Waals surface area contributed by atoms with Gasteiger partial charge in [0.05, 0.1) is 43.8 Å². The minimum Gasteiger partial charge on any atom is -0.395 e. The van der Waals surface area contributed by atoms with Crippen LogP contribution in [0.1, 0.15) is 31.3 Å². The van der Waals surface area contributed by atoms with Gasteiger partial charge in [0.25, 0.3) is 5.91 Å². The largest absolute Gasteiger partial charge is 0.395 e. The molecule has 0 radical (unpaired) electrons. The van der Waals surface area contributed by atoms with Crippen molar-refractivity contribution in [1.82, 2.24) is 34.9 Å². The summed E-state index contributed by atoms with van der Waals surface area (Å²) in [4.78, 5) is 15.7. The van der Waals surface area contributed by atoms with Crippen LogP contribution < -0.4 is 0 Å². The predicted molar refractivity (Wildman–Crippen MR) is 164 cm³/mol. The average molecular weight is 670 g/mol. The summed E-state index contributed by atoms with van der Waals surface area (Å²) < 4.78 is 42.2. The summed E-state index contributed by atoms with van der Waals surface area (Å²) >= 11 is 0. The van der Waals surface area contributed by atoms with Gasteiger partial charge in [0.15, 0.2) is 6.10 Å². The Balaban J connectivity index is 1.27. The highest BCUT2D eigenvalue weighted by atomic mass is 19.1. The van der Waals surface area contributed by atoms with Crippen molar-refractivity contribution >= 4 is 5.91 Å². The number of carbonyl (C=O) groups excluding carboxylic acids is 1. The summed E-state index contributed by atoms with van der Waals surface area (Å²) in [5, 5.41) is 59.7. The highest BCUT2D eigenvalue weighted by Gasteiger charge is 2.52. The molecule has 16 heteroatoms. The summed E-state index contributed by atoms with van der Waals surface area (Å²) in [6, 6.07) is 9.21. The topological polar surface area (TPSA) is 181 Å². The molecule has 2 aliphatic rings. The number of hydrogen-bond donors (Lipinski definition) is 4. The van der Waals surface area contributed by atoms with Gasteiger partial charge in [0, 0.05) is 24.8 Å². The molecule has 1 aliphatic heterocycles. The van der Waals surface area contributed by atoms with Crippen LogP contribution in [0.3, 0.4) is 0 Å². The van der Waals surface area contributed by atoms with Gasteiger partial charge in [-0.3, -0.25) is 4.79 Å². The van der Waals surface area contributed by atoms with Crippen LogP contribution in [-0.4, -0.2) is 125 Å². The first-order valence-electron chi connectivity index (χ1n) is 15.7. The van der Waals surface area contributed by atoms with Crippen LogP contribution in [-0.2, 0) is 14.3 Å². The third kappa shape index (κ3) is 6.59. The normalized spacial score (nSPS) is 27.6. The highest BCUT2D eigenvalue weighted by Crippen LogP contribution is 2.37. The standard InChI is InChI=1S/C32H37F2N7O7/c1-47-30-27(41-16-23(36-38-41)19-6-3-8-21(34)14-19)29(45)26(17-43)48-31(30)32(46)39(11-12-42)24-9-4-10-25(28(24)44)40-15-22(35-37-40)18-5-2-7-20(33)13-18/h2-3,5-8,13-16,24-31,42-45H,4,9-12,17H2,1H3/t24-,25+,26-,27+,28+,29+,30-,31-/m1/s1. The molecule has 2 aromatic heterocycles.